The van der Waals surface area contributed by atoms with Gasteiger partial charge in [-0.2, -0.15) is 4.31 Å². The Morgan fingerprint density at radius 1 is 1.12 bits per heavy atom. The first-order valence-corrected chi connectivity index (χ1v) is 18.5. The van der Waals surface area contributed by atoms with Crippen molar-refractivity contribution in [3.8, 4) is 5.75 Å². The third-order valence-corrected chi connectivity index (χ3v) is 12.1. The van der Waals surface area contributed by atoms with E-state index in [4.69, 9.17) is 9.47 Å². The highest BCUT2D eigenvalue weighted by atomic mass is 32.2. The van der Waals surface area contributed by atoms with Crippen LogP contribution in [0.2, 0.25) is 0 Å². The molecule has 2 atom stereocenters. The number of rotatable bonds is 9. The van der Waals surface area contributed by atoms with E-state index in [9.17, 15) is 38.0 Å². The highest BCUT2D eigenvalue weighted by Gasteiger charge is 2.73. The van der Waals surface area contributed by atoms with Gasteiger partial charge in [-0.1, -0.05) is 38.1 Å². The van der Waals surface area contributed by atoms with Crippen molar-refractivity contribution in [2.24, 2.45) is 0 Å². The van der Waals surface area contributed by atoms with Crippen LogP contribution in [-0.4, -0.2) is 88.6 Å². The number of carbonyl (C=O) groups is 3. The fraction of sp³-hybridized carbons (Fsp3) is 0.472. The third kappa shape index (κ3) is 5.77. The summed E-state index contributed by atoms with van der Waals surface area (Å²) in [5.41, 5.74) is -2.67. The molecule has 0 saturated carbocycles. The van der Waals surface area contributed by atoms with E-state index >= 15 is 0 Å². The minimum Gasteiger partial charge on any atom is -0.454 e. The minimum absolute atomic E-state index is 0.0215. The lowest BCUT2D eigenvalue weighted by molar-refractivity contribution is -0.388. The number of benzene rings is 2. The Morgan fingerprint density at radius 2 is 1.79 bits per heavy atom. The Bertz CT molecular complexity index is 2110. The zero-order valence-corrected chi connectivity index (χ0v) is 31.0. The Kier molecular flexibility index (Phi) is 9.13. The number of H-pyrrole nitrogens is 1. The highest BCUT2D eigenvalue weighted by Crippen LogP contribution is 2.60. The summed E-state index contributed by atoms with van der Waals surface area (Å²) < 4.78 is 40.8. The second-order valence-corrected chi connectivity index (χ2v) is 16.6. The fourth-order valence-corrected chi connectivity index (χ4v) is 8.83. The molecule has 2 aromatic carbocycles. The van der Waals surface area contributed by atoms with Crippen molar-refractivity contribution in [2.75, 3.05) is 32.8 Å². The van der Waals surface area contributed by atoms with E-state index < -0.39 is 49.2 Å². The molecule has 2 unspecified atom stereocenters. The van der Waals surface area contributed by atoms with Crippen molar-refractivity contribution in [2.45, 2.75) is 82.8 Å². The van der Waals surface area contributed by atoms with E-state index in [0.29, 0.717) is 0 Å². The average molecular weight is 738 g/mol. The summed E-state index contributed by atoms with van der Waals surface area (Å²) >= 11 is 0. The molecule has 1 aliphatic carbocycles. The van der Waals surface area contributed by atoms with E-state index in [0.717, 1.165) is 11.6 Å². The van der Waals surface area contributed by atoms with Crippen LogP contribution in [0.3, 0.4) is 0 Å². The van der Waals surface area contributed by atoms with Gasteiger partial charge in [-0.3, -0.25) is 24.5 Å². The van der Waals surface area contributed by atoms with Gasteiger partial charge in [-0.15, -0.1) is 0 Å². The lowest BCUT2D eigenvalue weighted by atomic mass is 9.82. The number of Topliss-reactive ketones (excluding diaryl/α,β-unsaturated/α-hetero) is 1. The highest BCUT2D eigenvalue weighted by molar-refractivity contribution is 7.89. The number of amides is 2. The number of ether oxygens (including phenoxy) is 2. The first-order chi connectivity index (χ1) is 24.2. The number of sulfonamides is 1. The standard InChI is InChI=1S/C36H43N5O10S/c1-20(2)23-11-12-25-27(19-23)51-36(45)29-24(9-8-10-26(29)41(46)47)31(43)35(25,36)38-32(44)30-21(3)22(4)33(37-30)52(48,49)40-16-14-39(15-17-40)28(42)13-18-50-34(5,6)7/h8-12,19-20,37,45H,13-18H2,1-7H3,(H,38,44). The Labute approximate surface area is 301 Å². The summed E-state index contributed by atoms with van der Waals surface area (Å²) in [4.78, 5) is 57.2. The summed E-state index contributed by atoms with van der Waals surface area (Å²) in [6, 6.07) is 8.66. The summed E-state index contributed by atoms with van der Waals surface area (Å²) in [5.74, 6) is -4.54. The number of carbonyl (C=O) groups excluding carboxylic acids is 3. The number of aromatic amines is 1. The van der Waals surface area contributed by atoms with Crippen LogP contribution in [0, 0.1) is 24.0 Å². The molecule has 6 rings (SSSR count). The monoisotopic (exact) mass is 737 g/mol. The molecule has 1 saturated heterocycles. The predicted octanol–water partition coefficient (Wildman–Crippen LogP) is 3.76. The number of nitro benzene ring substituents is 1. The summed E-state index contributed by atoms with van der Waals surface area (Å²) in [6.45, 7) is 13.3. The van der Waals surface area contributed by atoms with Crippen molar-refractivity contribution in [1.82, 2.24) is 19.5 Å². The molecule has 0 spiro atoms. The maximum Gasteiger partial charge on any atom is 0.280 e. The van der Waals surface area contributed by atoms with Gasteiger partial charge < -0.3 is 29.8 Å². The topological polar surface area (TPSA) is 201 Å². The van der Waals surface area contributed by atoms with Crippen molar-refractivity contribution < 1.29 is 42.3 Å². The van der Waals surface area contributed by atoms with Gasteiger partial charge in [0, 0.05) is 43.4 Å². The van der Waals surface area contributed by atoms with Crippen molar-refractivity contribution >= 4 is 33.3 Å². The van der Waals surface area contributed by atoms with E-state index in [-0.39, 0.29) is 95.4 Å². The Hall–Kier alpha value is -4.64. The van der Waals surface area contributed by atoms with Crippen LogP contribution >= 0.6 is 0 Å². The molecule has 3 aromatic rings. The van der Waals surface area contributed by atoms with Crippen LogP contribution < -0.4 is 10.1 Å². The molecule has 0 radical (unpaired) electrons. The van der Waals surface area contributed by atoms with Gasteiger partial charge >= 0.3 is 0 Å². The van der Waals surface area contributed by atoms with Crippen LogP contribution in [0.1, 0.15) is 95.6 Å². The molecule has 52 heavy (non-hydrogen) atoms. The molecule has 3 heterocycles. The normalized spacial score (nSPS) is 21.5. The second-order valence-electron chi connectivity index (χ2n) is 14.7. The summed E-state index contributed by atoms with van der Waals surface area (Å²) in [6.07, 6.45) is 0.170. The van der Waals surface area contributed by atoms with Crippen LogP contribution in [0.15, 0.2) is 41.4 Å². The van der Waals surface area contributed by atoms with Gasteiger partial charge in [0.05, 0.1) is 23.6 Å². The zero-order valence-electron chi connectivity index (χ0n) is 30.2. The molecular formula is C36H43N5O10S. The largest absolute Gasteiger partial charge is 0.454 e. The smallest absolute Gasteiger partial charge is 0.280 e. The predicted molar refractivity (Wildman–Crippen MR) is 188 cm³/mol. The van der Waals surface area contributed by atoms with Gasteiger partial charge in [0.25, 0.3) is 27.4 Å². The van der Waals surface area contributed by atoms with Gasteiger partial charge in [0.15, 0.2) is 5.03 Å². The van der Waals surface area contributed by atoms with Crippen LogP contribution in [0.4, 0.5) is 5.69 Å². The Morgan fingerprint density at radius 3 is 2.40 bits per heavy atom. The molecule has 2 amide bonds. The number of hydrogen-bond donors (Lipinski definition) is 3. The molecule has 0 bridgehead atoms. The Balaban J connectivity index is 1.31. The number of hydrogen-bond acceptors (Lipinski definition) is 10. The van der Waals surface area contributed by atoms with E-state index in [1.165, 1.54) is 16.4 Å². The maximum atomic E-state index is 14.4. The van der Waals surface area contributed by atoms with Gasteiger partial charge in [0.2, 0.25) is 17.2 Å². The van der Waals surface area contributed by atoms with E-state index in [2.05, 4.69) is 10.3 Å². The second kappa shape index (κ2) is 12.8. The number of piperazine rings is 1. The molecule has 15 nitrogen and oxygen atoms in total. The van der Waals surface area contributed by atoms with Crippen molar-refractivity contribution in [3.05, 3.63) is 85.6 Å². The number of fused-ring (bicyclic) bond motifs is 5. The number of aromatic nitrogens is 1. The molecule has 2 aliphatic heterocycles. The van der Waals surface area contributed by atoms with E-state index in [1.807, 2.05) is 34.6 Å². The number of aliphatic hydroxyl groups is 1. The molecule has 278 valence electrons. The average Bonchev–Trinajstić information content (AvgIpc) is 3.59. The quantitative estimate of drug-likeness (QED) is 0.215. The lowest BCUT2D eigenvalue weighted by Gasteiger charge is -2.34. The number of ketones is 1. The number of nitrogens with one attached hydrogen (secondary N) is 2. The van der Waals surface area contributed by atoms with Gasteiger partial charge in [-0.05, 0) is 63.3 Å². The summed E-state index contributed by atoms with van der Waals surface area (Å²) in [5, 5.41) is 26.9. The van der Waals surface area contributed by atoms with Crippen molar-refractivity contribution in [3.63, 3.8) is 0 Å². The lowest BCUT2D eigenvalue weighted by Crippen LogP contribution is -2.60. The molecule has 1 aromatic heterocycles. The zero-order chi connectivity index (χ0) is 38.1. The molecule has 1 fully saturated rings. The first kappa shape index (κ1) is 37.1. The van der Waals surface area contributed by atoms with E-state index in [1.54, 1.807) is 36.9 Å². The van der Waals surface area contributed by atoms with Crippen LogP contribution in [-0.2, 0) is 30.9 Å². The first-order valence-electron chi connectivity index (χ1n) is 17.1. The van der Waals surface area contributed by atoms with Gasteiger partial charge in [0.1, 0.15) is 17.0 Å². The number of nitrogens with zero attached hydrogens (tertiary/aromatic N) is 3. The summed E-state index contributed by atoms with van der Waals surface area (Å²) in [7, 11) is -4.18. The fourth-order valence-electron chi connectivity index (χ4n) is 7.16. The SMILES string of the molecule is Cc1c(C(=O)NC23C(=O)c4cccc([N+](=O)[O-])c4C2(O)Oc2cc(C(C)C)ccc23)[nH]c(S(=O)(=O)N2CCN(C(=O)CCOC(C)(C)C)CC2)c1C. The van der Waals surface area contributed by atoms with Gasteiger partial charge in [-0.25, -0.2) is 8.42 Å². The minimum atomic E-state index is -4.18. The third-order valence-electron chi connectivity index (χ3n) is 10.1. The molecule has 3 N–H and O–H groups in total. The number of nitro groups is 1. The van der Waals surface area contributed by atoms with Crippen LogP contribution in [0.5, 0.6) is 5.75 Å². The molecule has 3 aliphatic rings. The van der Waals surface area contributed by atoms with Crippen LogP contribution in [0.25, 0.3) is 0 Å². The molecule has 16 heteroatoms. The maximum absolute atomic E-state index is 14.4. The van der Waals surface area contributed by atoms with Crippen molar-refractivity contribution in [1.29, 1.82) is 0 Å². The molecular weight excluding hydrogens is 694 g/mol.